The van der Waals surface area contributed by atoms with Crippen molar-refractivity contribution >= 4 is 18.3 Å². The third-order valence-corrected chi connectivity index (χ3v) is 3.28. The molecule has 0 radical (unpaired) electrons. The lowest BCUT2D eigenvalue weighted by Crippen LogP contribution is -2.27. The summed E-state index contributed by atoms with van der Waals surface area (Å²) >= 11 is 0. The van der Waals surface area contributed by atoms with Crippen molar-refractivity contribution in [2.24, 2.45) is 0 Å². The largest absolute Gasteiger partial charge is 0.493 e. The highest BCUT2D eigenvalue weighted by Gasteiger charge is 2.12. The monoisotopic (exact) mass is 423 g/mol. The molecule has 0 saturated heterocycles. The Labute approximate surface area is 176 Å². The average molecular weight is 423 g/mol. The average Bonchev–Trinajstić information content (AvgIpc) is 2.77. The fourth-order valence-corrected chi connectivity index (χ4v) is 1.79. The van der Waals surface area contributed by atoms with Crippen LogP contribution in [0.1, 0.15) is 6.92 Å². The van der Waals surface area contributed by atoms with Gasteiger partial charge in [0.1, 0.15) is 25.9 Å². The number of ether oxygens (including phenoxy) is 5. The molecule has 1 rings (SSSR count). The van der Waals surface area contributed by atoms with E-state index in [-0.39, 0.29) is 31.9 Å². The van der Waals surface area contributed by atoms with Crippen molar-refractivity contribution in [2.45, 2.75) is 13.0 Å². The van der Waals surface area contributed by atoms with Crippen molar-refractivity contribution in [1.82, 2.24) is 5.32 Å². The predicted molar refractivity (Wildman–Crippen MR) is 110 cm³/mol. The van der Waals surface area contributed by atoms with Gasteiger partial charge in [0.2, 0.25) is 6.41 Å². The number of amides is 1. The molecule has 9 heteroatoms. The lowest BCUT2D eigenvalue weighted by atomic mass is 10.3. The quantitative estimate of drug-likeness (QED) is 0.221. The molecule has 1 atom stereocenters. The number of methoxy groups -OCH3 is 2. The molecule has 0 fully saturated rings. The van der Waals surface area contributed by atoms with Crippen LogP contribution in [0.25, 0.3) is 0 Å². The normalized spacial score (nSPS) is 10.8. The van der Waals surface area contributed by atoms with Gasteiger partial charge in [-0.25, -0.2) is 9.59 Å². The molecule has 0 aliphatic heterocycles. The van der Waals surface area contributed by atoms with Crippen molar-refractivity contribution in [2.75, 3.05) is 40.6 Å². The van der Waals surface area contributed by atoms with Gasteiger partial charge in [0.05, 0.1) is 13.7 Å². The highest BCUT2D eigenvalue weighted by atomic mass is 16.6. The second-order valence-corrected chi connectivity index (χ2v) is 5.39. The minimum absolute atomic E-state index is 0.108. The SMILES string of the molecule is C/C=C/C(=O)OCCNC=O.C=CC(=O)OCC(COc1ccccc1OC)OC. The lowest BCUT2D eigenvalue weighted by Gasteiger charge is -2.17. The minimum atomic E-state index is -0.487. The Morgan fingerprint density at radius 1 is 1.10 bits per heavy atom. The first-order valence-corrected chi connectivity index (χ1v) is 9.06. The van der Waals surface area contributed by atoms with Crippen molar-refractivity contribution < 1.29 is 38.1 Å². The molecule has 1 amide bonds. The third-order valence-electron chi connectivity index (χ3n) is 3.28. The highest BCUT2D eigenvalue weighted by molar-refractivity contribution is 5.81. The maximum absolute atomic E-state index is 11.0. The number of nitrogens with one attached hydrogen (secondary N) is 1. The predicted octanol–water partition coefficient (Wildman–Crippen LogP) is 1.67. The van der Waals surface area contributed by atoms with Gasteiger partial charge in [-0.2, -0.15) is 0 Å². The number of rotatable bonds is 13. The smallest absolute Gasteiger partial charge is 0.330 e. The van der Waals surface area contributed by atoms with E-state index in [9.17, 15) is 14.4 Å². The Balaban J connectivity index is 0.000000654. The number of para-hydroxylation sites is 2. The Hall–Kier alpha value is -3.33. The number of allylic oxidation sites excluding steroid dienone is 1. The maximum Gasteiger partial charge on any atom is 0.330 e. The van der Waals surface area contributed by atoms with Crippen LogP contribution in [0.3, 0.4) is 0 Å². The first-order valence-electron chi connectivity index (χ1n) is 9.06. The maximum atomic E-state index is 11.0. The van der Waals surface area contributed by atoms with Gasteiger partial charge < -0.3 is 29.0 Å². The molecule has 1 unspecified atom stereocenters. The molecule has 1 aromatic carbocycles. The first kappa shape index (κ1) is 26.7. The van der Waals surface area contributed by atoms with Crippen LogP contribution < -0.4 is 14.8 Å². The van der Waals surface area contributed by atoms with Gasteiger partial charge in [0, 0.05) is 19.3 Å². The van der Waals surface area contributed by atoms with Gasteiger partial charge in [0.15, 0.2) is 11.5 Å². The van der Waals surface area contributed by atoms with E-state index < -0.39 is 5.97 Å². The summed E-state index contributed by atoms with van der Waals surface area (Å²) in [6.07, 6.45) is 4.22. The Kier molecular flexibility index (Phi) is 15.8. The van der Waals surface area contributed by atoms with Crippen LogP contribution in [-0.2, 0) is 28.6 Å². The van der Waals surface area contributed by atoms with Gasteiger partial charge in [-0.1, -0.05) is 24.8 Å². The number of hydrogen-bond acceptors (Lipinski definition) is 8. The summed E-state index contributed by atoms with van der Waals surface area (Å²) < 4.78 is 25.4. The molecule has 9 nitrogen and oxygen atoms in total. The zero-order chi connectivity index (χ0) is 22.6. The Bertz CT molecular complexity index is 675. The lowest BCUT2D eigenvalue weighted by molar-refractivity contribution is -0.142. The fraction of sp³-hybridized carbons (Fsp3) is 0.381. The van der Waals surface area contributed by atoms with Crippen molar-refractivity contribution in [1.29, 1.82) is 0 Å². The fourth-order valence-electron chi connectivity index (χ4n) is 1.79. The van der Waals surface area contributed by atoms with Gasteiger partial charge in [0.25, 0.3) is 0 Å². The number of esters is 2. The number of carbonyl (C=O) groups is 3. The van der Waals surface area contributed by atoms with Crippen molar-refractivity contribution in [3.63, 3.8) is 0 Å². The topological polar surface area (TPSA) is 109 Å². The van der Waals surface area contributed by atoms with Crippen LogP contribution in [0.4, 0.5) is 0 Å². The minimum Gasteiger partial charge on any atom is -0.493 e. The molecule has 0 saturated carbocycles. The molecule has 0 aliphatic rings. The summed E-state index contributed by atoms with van der Waals surface area (Å²) in [6.45, 7) is 5.97. The Morgan fingerprint density at radius 2 is 1.80 bits per heavy atom. The zero-order valence-corrected chi connectivity index (χ0v) is 17.5. The van der Waals surface area contributed by atoms with Crippen molar-refractivity contribution in [3.8, 4) is 11.5 Å². The van der Waals surface area contributed by atoms with Gasteiger partial charge in [-0.05, 0) is 19.1 Å². The van der Waals surface area contributed by atoms with Gasteiger partial charge in [-0.3, -0.25) is 4.79 Å². The van der Waals surface area contributed by atoms with E-state index in [0.717, 1.165) is 6.08 Å². The molecule has 0 aliphatic carbocycles. The van der Waals surface area contributed by atoms with Crippen LogP contribution in [0.2, 0.25) is 0 Å². The molecule has 1 aromatic rings. The Morgan fingerprint density at radius 3 is 2.37 bits per heavy atom. The first-order chi connectivity index (χ1) is 14.5. The third kappa shape index (κ3) is 12.9. The molecule has 0 heterocycles. The van der Waals surface area contributed by atoms with E-state index in [2.05, 4.69) is 16.6 Å². The summed E-state index contributed by atoms with van der Waals surface area (Å²) in [7, 11) is 3.10. The molecule has 1 N–H and O–H groups in total. The van der Waals surface area contributed by atoms with Crippen LogP contribution in [-0.4, -0.2) is 65.0 Å². The van der Waals surface area contributed by atoms with E-state index >= 15 is 0 Å². The zero-order valence-electron chi connectivity index (χ0n) is 17.5. The number of hydrogen-bond donors (Lipinski definition) is 1. The summed E-state index contributed by atoms with van der Waals surface area (Å²) in [5.41, 5.74) is 0. The summed E-state index contributed by atoms with van der Waals surface area (Å²) in [4.78, 5) is 31.2. The van der Waals surface area contributed by atoms with E-state index in [1.54, 1.807) is 32.2 Å². The van der Waals surface area contributed by atoms with Crippen LogP contribution >= 0.6 is 0 Å². The molecular weight excluding hydrogens is 394 g/mol. The second-order valence-electron chi connectivity index (χ2n) is 5.39. The van der Waals surface area contributed by atoms with E-state index in [4.69, 9.17) is 18.9 Å². The van der Waals surface area contributed by atoms with Crippen LogP contribution in [0.15, 0.2) is 49.1 Å². The molecule has 0 aromatic heterocycles. The molecule has 0 bridgehead atoms. The van der Waals surface area contributed by atoms with E-state index in [1.807, 2.05) is 12.1 Å². The standard InChI is InChI=1S/C14H18O5.C7H11NO3/c1-4-14(15)19-10-11(16-2)9-18-13-8-6-5-7-12(13)17-3;1-2-3-7(10)11-5-4-8-6-9/h4-8,11H,1,9-10H2,2-3H3;2-3,6H,4-5H2,1H3,(H,8,9)/b;3-2+. The van der Waals surface area contributed by atoms with Gasteiger partial charge in [-0.15, -0.1) is 0 Å². The van der Waals surface area contributed by atoms with E-state index in [1.165, 1.54) is 13.2 Å². The summed E-state index contributed by atoms with van der Waals surface area (Å²) in [6, 6.07) is 7.29. The summed E-state index contributed by atoms with van der Waals surface area (Å²) in [5, 5.41) is 2.36. The number of carbonyl (C=O) groups excluding carboxylic acids is 3. The van der Waals surface area contributed by atoms with Crippen LogP contribution in [0.5, 0.6) is 11.5 Å². The highest BCUT2D eigenvalue weighted by Crippen LogP contribution is 2.25. The van der Waals surface area contributed by atoms with Crippen LogP contribution in [0, 0.1) is 0 Å². The molecule has 166 valence electrons. The molecule has 30 heavy (non-hydrogen) atoms. The molecule has 0 spiro atoms. The van der Waals surface area contributed by atoms with Gasteiger partial charge >= 0.3 is 11.9 Å². The van der Waals surface area contributed by atoms with E-state index in [0.29, 0.717) is 24.5 Å². The molecular formula is C21H29NO8. The second kappa shape index (κ2) is 17.7. The summed E-state index contributed by atoms with van der Waals surface area (Å²) in [5.74, 6) is 0.377. The van der Waals surface area contributed by atoms with Crippen molar-refractivity contribution in [3.05, 3.63) is 49.1 Å². The number of benzene rings is 1.